The van der Waals surface area contributed by atoms with Gasteiger partial charge in [0, 0.05) is 32.3 Å². The first-order valence-electron chi connectivity index (χ1n) is 5.70. The number of aryl methyl sites for hydroxylation is 1. The highest BCUT2D eigenvalue weighted by Gasteiger charge is 2.22. The van der Waals surface area contributed by atoms with Gasteiger partial charge in [-0.3, -0.25) is 15.0 Å². The quantitative estimate of drug-likeness (QED) is 0.579. The van der Waals surface area contributed by atoms with Crippen molar-refractivity contribution in [3.8, 4) is 0 Å². The zero-order valence-corrected chi connectivity index (χ0v) is 9.69. The van der Waals surface area contributed by atoms with Crippen LogP contribution < -0.4 is 5.73 Å². The third-order valence-corrected chi connectivity index (χ3v) is 3.10. The maximum absolute atomic E-state index is 7.49. The number of nitrogens with two attached hydrogens (primary N) is 1. The Balaban J connectivity index is 1.92. The Bertz CT molecular complexity index is 370. The predicted octanol–water partition coefficient (Wildman–Crippen LogP) is 0.568. The molecule has 1 aliphatic heterocycles. The molecule has 1 atom stereocenters. The van der Waals surface area contributed by atoms with Crippen LogP contribution >= 0.6 is 0 Å². The number of amidine groups is 1. The summed E-state index contributed by atoms with van der Waals surface area (Å²) in [5, 5.41) is 11.9. The van der Waals surface area contributed by atoms with Crippen LogP contribution in [0.3, 0.4) is 0 Å². The molecule has 0 radical (unpaired) electrons. The lowest BCUT2D eigenvalue weighted by atomic mass is 9.97. The largest absolute Gasteiger partial charge is 0.387 e. The first kappa shape index (κ1) is 11.1. The van der Waals surface area contributed by atoms with Crippen LogP contribution in [-0.2, 0) is 13.6 Å². The molecule has 2 heterocycles. The number of hydrogen-bond acceptors (Lipinski definition) is 3. The molecule has 1 aromatic heterocycles. The van der Waals surface area contributed by atoms with Crippen molar-refractivity contribution in [2.24, 2.45) is 18.7 Å². The van der Waals surface area contributed by atoms with Gasteiger partial charge < -0.3 is 5.73 Å². The van der Waals surface area contributed by atoms with Crippen LogP contribution in [-0.4, -0.2) is 33.6 Å². The Morgan fingerprint density at radius 2 is 2.50 bits per heavy atom. The summed E-state index contributed by atoms with van der Waals surface area (Å²) in [6, 6.07) is 2.04. The molecule has 1 fully saturated rings. The van der Waals surface area contributed by atoms with Crippen molar-refractivity contribution in [3.63, 3.8) is 0 Å². The Hall–Kier alpha value is -1.36. The van der Waals surface area contributed by atoms with Crippen molar-refractivity contribution in [2.75, 3.05) is 13.1 Å². The van der Waals surface area contributed by atoms with E-state index in [1.165, 1.54) is 0 Å². The Morgan fingerprint density at radius 1 is 1.69 bits per heavy atom. The number of aromatic nitrogens is 2. The predicted molar refractivity (Wildman–Crippen MR) is 63.1 cm³/mol. The van der Waals surface area contributed by atoms with E-state index in [1.54, 1.807) is 0 Å². The second-order valence-corrected chi connectivity index (χ2v) is 4.51. The van der Waals surface area contributed by atoms with Crippen LogP contribution in [0.2, 0.25) is 0 Å². The average Bonchev–Trinajstić information content (AvgIpc) is 2.64. The van der Waals surface area contributed by atoms with Crippen LogP contribution in [0.1, 0.15) is 18.5 Å². The molecule has 0 spiro atoms. The van der Waals surface area contributed by atoms with Gasteiger partial charge in [0.2, 0.25) is 0 Å². The van der Waals surface area contributed by atoms with Gasteiger partial charge in [-0.25, -0.2) is 0 Å². The molecule has 1 aromatic rings. The first-order valence-corrected chi connectivity index (χ1v) is 5.70. The number of rotatable bonds is 3. The second-order valence-electron chi connectivity index (χ2n) is 4.51. The molecule has 3 N–H and O–H groups in total. The molecule has 0 saturated carbocycles. The zero-order chi connectivity index (χ0) is 11.5. The molecule has 16 heavy (non-hydrogen) atoms. The lowest BCUT2D eigenvalue weighted by Gasteiger charge is -2.31. The summed E-state index contributed by atoms with van der Waals surface area (Å²) in [5.74, 6) is 0.559. The van der Waals surface area contributed by atoms with Crippen molar-refractivity contribution in [3.05, 3.63) is 18.0 Å². The van der Waals surface area contributed by atoms with Crippen molar-refractivity contribution < 1.29 is 0 Å². The highest BCUT2D eigenvalue weighted by Crippen LogP contribution is 2.17. The van der Waals surface area contributed by atoms with E-state index in [0.717, 1.165) is 38.2 Å². The maximum atomic E-state index is 7.49. The fourth-order valence-electron chi connectivity index (χ4n) is 2.23. The van der Waals surface area contributed by atoms with Gasteiger partial charge in [0.15, 0.2) is 0 Å². The van der Waals surface area contributed by atoms with Gasteiger partial charge in [0.1, 0.15) is 0 Å². The monoisotopic (exact) mass is 221 g/mol. The van der Waals surface area contributed by atoms with E-state index in [0.29, 0.717) is 5.84 Å². The molecular weight excluding hydrogens is 202 g/mol. The molecule has 5 heteroatoms. The van der Waals surface area contributed by atoms with E-state index in [2.05, 4.69) is 10.00 Å². The fourth-order valence-corrected chi connectivity index (χ4v) is 2.23. The van der Waals surface area contributed by atoms with Gasteiger partial charge in [-0.1, -0.05) is 0 Å². The van der Waals surface area contributed by atoms with Crippen molar-refractivity contribution in [2.45, 2.75) is 19.4 Å². The maximum Gasteiger partial charge on any atom is 0.0949 e. The third kappa shape index (κ3) is 2.61. The minimum absolute atomic E-state index is 0.234. The SMILES string of the molecule is Cn1ccc(CN2CCCC(C(=N)N)C2)n1. The van der Waals surface area contributed by atoms with E-state index in [1.807, 2.05) is 24.0 Å². The van der Waals surface area contributed by atoms with Gasteiger partial charge >= 0.3 is 0 Å². The van der Waals surface area contributed by atoms with E-state index in [9.17, 15) is 0 Å². The molecule has 2 rings (SSSR count). The summed E-state index contributed by atoms with van der Waals surface area (Å²) in [6.45, 7) is 2.84. The van der Waals surface area contributed by atoms with Gasteiger partial charge in [0.25, 0.3) is 0 Å². The van der Waals surface area contributed by atoms with E-state index < -0.39 is 0 Å². The van der Waals surface area contributed by atoms with Gasteiger partial charge in [0.05, 0.1) is 11.5 Å². The van der Waals surface area contributed by atoms with Gasteiger partial charge in [-0.2, -0.15) is 5.10 Å². The number of hydrogen-bond donors (Lipinski definition) is 2. The summed E-state index contributed by atoms with van der Waals surface area (Å²) in [4.78, 5) is 2.33. The third-order valence-electron chi connectivity index (χ3n) is 3.10. The highest BCUT2D eigenvalue weighted by atomic mass is 15.3. The molecule has 0 aliphatic carbocycles. The van der Waals surface area contributed by atoms with E-state index >= 15 is 0 Å². The Morgan fingerprint density at radius 3 is 3.12 bits per heavy atom. The lowest BCUT2D eigenvalue weighted by Crippen LogP contribution is -2.40. The van der Waals surface area contributed by atoms with Crippen LogP contribution in [0, 0.1) is 11.3 Å². The molecule has 1 saturated heterocycles. The summed E-state index contributed by atoms with van der Waals surface area (Å²) in [5.41, 5.74) is 6.65. The number of likely N-dealkylation sites (tertiary alicyclic amines) is 1. The van der Waals surface area contributed by atoms with E-state index in [4.69, 9.17) is 11.1 Å². The van der Waals surface area contributed by atoms with Crippen molar-refractivity contribution in [1.29, 1.82) is 5.41 Å². The normalized spacial score (nSPS) is 22.2. The van der Waals surface area contributed by atoms with Crippen molar-refractivity contribution >= 4 is 5.84 Å². The number of nitrogens with zero attached hydrogens (tertiary/aromatic N) is 3. The summed E-state index contributed by atoms with van der Waals surface area (Å²) in [7, 11) is 1.93. The van der Waals surface area contributed by atoms with Crippen LogP contribution in [0.4, 0.5) is 0 Å². The molecule has 1 unspecified atom stereocenters. The average molecular weight is 221 g/mol. The first-order chi connectivity index (χ1) is 7.65. The van der Waals surface area contributed by atoms with Crippen LogP contribution in [0.15, 0.2) is 12.3 Å². The Labute approximate surface area is 95.7 Å². The fraction of sp³-hybridized carbons (Fsp3) is 0.636. The molecule has 5 nitrogen and oxygen atoms in total. The van der Waals surface area contributed by atoms with Crippen molar-refractivity contribution in [1.82, 2.24) is 14.7 Å². The topological polar surface area (TPSA) is 70.9 Å². The highest BCUT2D eigenvalue weighted by molar-refractivity contribution is 5.79. The van der Waals surface area contributed by atoms with Gasteiger partial charge in [-0.15, -0.1) is 0 Å². The Kier molecular flexibility index (Phi) is 3.24. The summed E-state index contributed by atoms with van der Waals surface area (Å²) < 4.78 is 1.82. The van der Waals surface area contributed by atoms with E-state index in [-0.39, 0.29) is 5.92 Å². The minimum Gasteiger partial charge on any atom is -0.387 e. The summed E-state index contributed by atoms with van der Waals surface area (Å²) >= 11 is 0. The molecular formula is C11H19N5. The minimum atomic E-state index is 0.234. The second kappa shape index (κ2) is 4.65. The van der Waals surface area contributed by atoms with Crippen LogP contribution in [0.5, 0.6) is 0 Å². The smallest absolute Gasteiger partial charge is 0.0949 e. The molecule has 0 bridgehead atoms. The molecule has 0 aromatic carbocycles. The molecule has 88 valence electrons. The number of piperidine rings is 1. The summed E-state index contributed by atoms with van der Waals surface area (Å²) in [6.07, 6.45) is 4.13. The van der Waals surface area contributed by atoms with Crippen LogP contribution in [0.25, 0.3) is 0 Å². The zero-order valence-electron chi connectivity index (χ0n) is 9.69. The molecule has 1 aliphatic rings. The van der Waals surface area contributed by atoms with Gasteiger partial charge in [-0.05, 0) is 25.5 Å². The molecule has 0 amide bonds. The lowest BCUT2D eigenvalue weighted by molar-refractivity contribution is 0.193. The standard InChI is InChI=1S/C11H19N5/c1-15-6-4-10(14-15)8-16-5-2-3-9(7-16)11(12)13/h4,6,9H,2-3,5,7-8H2,1H3,(H3,12,13). The number of nitrogens with one attached hydrogen (secondary N) is 1.